The van der Waals surface area contributed by atoms with Gasteiger partial charge < -0.3 is 19.9 Å². The van der Waals surface area contributed by atoms with E-state index in [0.29, 0.717) is 6.04 Å². The molecule has 1 saturated heterocycles. The molecule has 5 heteroatoms. The van der Waals surface area contributed by atoms with Gasteiger partial charge in [-0.3, -0.25) is 4.99 Å². The van der Waals surface area contributed by atoms with E-state index >= 15 is 0 Å². The van der Waals surface area contributed by atoms with Crippen molar-refractivity contribution in [2.75, 3.05) is 46.9 Å². The van der Waals surface area contributed by atoms with Gasteiger partial charge in [-0.15, -0.1) is 0 Å². The summed E-state index contributed by atoms with van der Waals surface area (Å²) in [5.74, 6) is 1.85. The quantitative estimate of drug-likeness (QED) is 0.627. The third kappa shape index (κ3) is 4.77. The van der Waals surface area contributed by atoms with Crippen LogP contribution in [0.15, 0.2) is 29.3 Å². The molecular formula is C21H34N4O. The maximum Gasteiger partial charge on any atom is 0.194 e. The molecule has 1 saturated carbocycles. The molecule has 3 rings (SSSR count). The fraction of sp³-hybridized carbons (Fsp3) is 0.667. The Morgan fingerprint density at radius 3 is 2.77 bits per heavy atom. The molecule has 1 aromatic carbocycles. The van der Waals surface area contributed by atoms with Gasteiger partial charge in [0.1, 0.15) is 6.10 Å². The number of rotatable bonds is 6. The van der Waals surface area contributed by atoms with Crippen LogP contribution in [0, 0.1) is 12.8 Å². The summed E-state index contributed by atoms with van der Waals surface area (Å²) in [5.41, 5.74) is 2.58. The third-order valence-corrected chi connectivity index (χ3v) is 5.49. The summed E-state index contributed by atoms with van der Waals surface area (Å²) in [6, 6.07) is 9.08. The van der Waals surface area contributed by atoms with Crippen molar-refractivity contribution in [2.45, 2.75) is 38.8 Å². The summed E-state index contributed by atoms with van der Waals surface area (Å²) < 4.78 is 6.08. The van der Waals surface area contributed by atoms with Crippen LogP contribution in [0.3, 0.4) is 0 Å². The van der Waals surface area contributed by atoms with Gasteiger partial charge in [-0.2, -0.15) is 0 Å². The van der Waals surface area contributed by atoms with Gasteiger partial charge in [-0.25, -0.2) is 0 Å². The lowest BCUT2D eigenvalue weighted by Gasteiger charge is -2.36. The average molecular weight is 359 g/mol. The normalized spacial score (nSPS) is 22.6. The topological polar surface area (TPSA) is 40.1 Å². The smallest absolute Gasteiger partial charge is 0.194 e. The van der Waals surface area contributed by atoms with Crippen LogP contribution < -0.4 is 5.32 Å². The van der Waals surface area contributed by atoms with E-state index in [1.54, 1.807) is 0 Å². The Balaban J connectivity index is 1.70. The second-order valence-electron chi connectivity index (χ2n) is 7.73. The predicted octanol–water partition coefficient (Wildman–Crippen LogP) is 2.67. The lowest BCUT2D eigenvalue weighted by Crippen LogP contribution is -2.48. The number of hydrogen-bond acceptors (Lipinski definition) is 3. The largest absolute Gasteiger partial charge is 0.370 e. The van der Waals surface area contributed by atoms with Crippen molar-refractivity contribution in [3.63, 3.8) is 0 Å². The van der Waals surface area contributed by atoms with E-state index in [1.807, 2.05) is 0 Å². The minimum absolute atomic E-state index is 0.113. The Hall–Kier alpha value is -1.59. The molecule has 0 bridgehead atoms. The van der Waals surface area contributed by atoms with Crippen LogP contribution in [0.4, 0.5) is 0 Å². The fourth-order valence-corrected chi connectivity index (χ4v) is 3.80. The molecule has 1 N–H and O–H groups in total. The van der Waals surface area contributed by atoms with E-state index in [-0.39, 0.29) is 6.10 Å². The number of benzene rings is 1. The highest BCUT2D eigenvalue weighted by Crippen LogP contribution is 2.34. The van der Waals surface area contributed by atoms with E-state index < -0.39 is 0 Å². The van der Waals surface area contributed by atoms with Gasteiger partial charge in [0.25, 0.3) is 0 Å². The van der Waals surface area contributed by atoms with Gasteiger partial charge in [-0.05, 0) is 57.8 Å². The van der Waals surface area contributed by atoms with Gasteiger partial charge in [0, 0.05) is 19.1 Å². The number of aliphatic imine (C=N–C) groups is 1. The Morgan fingerprint density at radius 2 is 2.12 bits per heavy atom. The zero-order valence-corrected chi connectivity index (χ0v) is 16.7. The van der Waals surface area contributed by atoms with Crippen molar-refractivity contribution in [3.8, 4) is 0 Å². The Kier molecular flexibility index (Phi) is 6.54. The summed E-state index contributed by atoms with van der Waals surface area (Å²) >= 11 is 0. The third-order valence-electron chi connectivity index (χ3n) is 5.49. The molecule has 2 fully saturated rings. The fourth-order valence-electron chi connectivity index (χ4n) is 3.80. The summed E-state index contributed by atoms with van der Waals surface area (Å²) in [6.45, 7) is 8.54. The van der Waals surface area contributed by atoms with E-state index in [0.717, 1.165) is 44.7 Å². The van der Waals surface area contributed by atoms with Crippen LogP contribution in [0.1, 0.15) is 37.0 Å². The highest BCUT2D eigenvalue weighted by Gasteiger charge is 2.33. The molecule has 144 valence electrons. The molecule has 1 aliphatic carbocycles. The van der Waals surface area contributed by atoms with E-state index in [1.165, 1.54) is 24.0 Å². The highest BCUT2D eigenvalue weighted by atomic mass is 16.5. The number of likely N-dealkylation sites (N-methyl/N-ethyl adjacent to an activating group) is 1. The minimum Gasteiger partial charge on any atom is -0.370 e. The maximum atomic E-state index is 6.08. The lowest BCUT2D eigenvalue weighted by molar-refractivity contribution is -0.00836. The van der Waals surface area contributed by atoms with Gasteiger partial charge in [0.2, 0.25) is 0 Å². The van der Waals surface area contributed by atoms with Crippen LogP contribution >= 0.6 is 0 Å². The molecular weight excluding hydrogens is 324 g/mol. The zero-order chi connectivity index (χ0) is 18.5. The second kappa shape index (κ2) is 8.87. The molecule has 2 atom stereocenters. The van der Waals surface area contributed by atoms with Crippen molar-refractivity contribution in [1.82, 2.24) is 15.1 Å². The van der Waals surface area contributed by atoms with Gasteiger partial charge in [0.05, 0.1) is 19.7 Å². The number of morpholine rings is 1. The summed E-state index contributed by atoms with van der Waals surface area (Å²) in [7, 11) is 4.35. The first-order valence-electron chi connectivity index (χ1n) is 9.97. The average Bonchev–Trinajstić information content (AvgIpc) is 3.46. The van der Waals surface area contributed by atoms with Gasteiger partial charge in [0.15, 0.2) is 5.96 Å². The molecule has 5 nitrogen and oxygen atoms in total. The molecule has 1 aromatic rings. The van der Waals surface area contributed by atoms with Crippen molar-refractivity contribution < 1.29 is 4.74 Å². The molecule has 0 radical (unpaired) electrons. The lowest BCUT2D eigenvalue weighted by atomic mass is 10.0. The second-order valence-corrected chi connectivity index (χ2v) is 7.73. The van der Waals surface area contributed by atoms with E-state index in [4.69, 9.17) is 9.73 Å². The number of nitrogens with zero attached hydrogens (tertiary/aromatic N) is 3. The van der Waals surface area contributed by atoms with Crippen LogP contribution in [0.5, 0.6) is 0 Å². The summed E-state index contributed by atoms with van der Waals surface area (Å²) in [6.07, 6.45) is 2.81. The molecule has 1 aliphatic heterocycles. The minimum atomic E-state index is 0.113. The van der Waals surface area contributed by atoms with Gasteiger partial charge in [-0.1, -0.05) is 24.3 Å². The Morgan fingerprint density at radius 1 is 1.35 bits per heavy atom. The molecule has 0 amide bonds. The van der Waals surface area contributed by atoms with Crippen LogP contribution in [0.25, 0.3) is 0 Å². The number of hydrogen-bond donors (Lipinski definition) is 1. The zero-order valence-electron chi connectivity index (χ0n) is 16.7. The molecule has 1 heterocycles. The van der Waals surface area contributed by atoms with Crippen LogP contribution in [-0.4, -0.2) is 68.7 Å². The standard InChI is InChI=1S/C21H34N4O/c1-5-22-21(23-14-19(24(3)4)17-10-11-17)25-12-13-26-20(15-25)18-9-7-6-8-16(18)2/h6-9,17,19-20H,5,10-15H2,1-4H3,(H,22,23). The first-order chi connectivity index (χ1) is 12.6. The van der Waals surface area contributed by atoms with Gasteiger partial charge >= 0.3 is 0 Å². The number of ether oxygens (including phenoxy) is 1. The van der Waals surface area contributed by atoms with Crippen molar-refractivity contribution in [3.05, 3.63) is 35.4 Å². The van der Waals surface area contributed by atoms with E-state index in [9.17, 15) is 0 Å². The number of guanidine groups is 1. The molecule has 0 spiro atoms. The predicted molar refractivity (Wildman–Crippen MR) is 108 cm³/mol. The van der Waals surface area contributed by atoms with Crippen LogP contribution in [0.2, 0.25) is 0 Å². The SMILES string of the molecule is CCNC(=NCC(C1CC1)N(C)C)N1CCOC(c2ccccc2C)C1. The first kappa shape index (κ1) is 19.2. The molecule has 0 aromatic heterocycles. The van der Waals surface area contributed by atoms with Crippen LogP contribution in [-0.2, 0) is 4.74 Å². The molecule has 2 unspecified atom stereocenters. The number of nitrogens with one attached hydrogen (secondary N) is 1. The summed E-state index contributed by atoms with van der Waals surface area (Å²) in [5, 5.41) is 3.49. The number of aryl methyl sites for hydroxylation is 1. The van der Waals surface area contributed by atoms with E-state index in [2.05, 4.69) is 67.3 Å². The molecule has 2 aliphatic rings. The Bertz CT molecular complexity index is 610. The Labute approximate surface area is 158 Å². The summed E-state index contributed by atoms with van der Waals surface area (Å²) in [4.78, 5) is 9.70. The monoisotopic (exact) mass is 358 g/mol. The van der Waals surface area contributed by atoms with Crippen molar-refractivity contribution >= 4 is 5.96 Å². The highest BCUT2D eigenvalue weighted by molar-refractivity contribution is 5.80. The van der Waals surface area contributed by atoms with Crippen molar-refractivity contribution in [1.29, 1.82) is 0 Å². The first-order valence-corrected chi connectivity index (χ1v) is 9.97. The molecule has 26 heavy (non-hydrogen) atoms. The van der Waals surface area contributed by atoms with Crippen molar-refractivity contribution in [2.24, 2.45) is 10.9 Å². The maximum absolute atomic E-state index is 6.08.